The van der Waals surface area contributed by atoms with Gasteiger partial charge < -0.3 is 26.1 Å². The second kappa shape index (κ2) is 10.9. The standard InChI is InChI=1S/C18H17N7O8S4/c1-2-33-22-7(10-21-18(19)37-23-10)12(27)20-8-13(28)25-9(16(31)32)5(3-34-14(8)25)4-35-17-6(15(29)30)11(26)24-36-17/h8,14H,2-4H2,1H3,(H,20,27)(H,24,26)(H,29,30)(H,31,32)(H2,19,21,23)/t8?,14-/m0/s1. The zero-order valence-corrected chi connectivity index (χ0v) is 21.9. The van der Waals surface area contributed by atoms with Crippen molar-refractivity contribution in [3.8, 4) is 0 Å². The second-order valence-electron chi connectivity index (χ2n) is 7.22. The van der Waals surface area contributed by atoms with Crippen molar-refractivity contribution in [2.24, 2.45) is 5.16 Å². The monoisotopic (exact) mass is 587 g/mol. The Morgan fingerprint density at radius 1 is 1.32 bits per heavy atom. The lowest BCUT2D eigenvalue weighted by atomic mass is 10.0. The number of oxime groups is 1. The molecule has 1 saturated heterocycles. The Bertz CT molecular complexity index is 1400. The number of aromatic amines is 1. The van der Waals surface area contributed by atoms with Crippen LogP contribution in [0, 0.1) is 0 Å². The predicted octanol–water partition coefficient (Wildman–Crippen LogP) is -0.160. The molecule has 2 amide bonds. The highest BCUT2D eigenvalue weighted by molar-refractivity contribution is 8.02. The summed E-state index contributed by atoms with van der Waals surface area (Å²) in [5, 5.41) is 24.7. The maximum atomic E-state index is 12.9. The van der Waals surface area contributed by atoms with Crippen molar-refractivity contribution in [2.75, 3.05) is 23.8 Å². The summed E-state index contributed by atoms with van der Waals surface area (Å²) in [6.07, 6.45) is 0. The molecule has 1 unspecified atom stereocenters. The van der Waals surface area contributed by atoms with Crippen LogP contribution in [0.3, 0.4) is 0 Å². The van der Waals surface area contributed by atoms with E-state index >= 15 is 0 Å². The van der Waals surface area contributed by atoms with Crippen molar-refractivity contribution in [3.63, 3.8) is 0 Å². The summed E-state index contributed by atoms with van der Waals surface area (Å²) in [6, 6.07) is -1.04. The van der Waals surface area contributed by atoms with Gasteiger partial charge in [0.1, 0.15) is 23.7 Å². The van der Waals surface area contributed by atoms with Gasteiger partial charge in [-0.2, -0.15) is 9.36 Å². The molecule has 0 aromatic carbocycles. The van der Waals surface area contributed by atoms with E-state index in [9.17, 15) is 34.2 Å². The minimum Gasteiger partial charge on any atom is -0.477 e. The maximum Gasteiger partial charge on any atom is 0.352 e. The van der Waals surface area contributed by atoms with Gasteiger partial charge in [0.05, 0.1) is 4.21 Å². The number of aliphatic carboxylic acids is 1. The van der Waals surface area contributed by atoms with Crippen LogP contribution in [-0.4, -0.2) is 87.8 Å². The zero-order chi connectivity index (χ0) is 26.9. The number of fused-ring (bicyclic) bond motifs is 1. The molecule has 1 fully saturated rings. The molecule has 2 aromatic heterocycles. The first kappa shape index (κ1) is 26.6. The van der Waals surface area contributed by atoms with Crippen molar-refractivity contribution in [2.45, 2.75) is 22.5 Å². The van der Waals surface area contributed by atoms with Crippen LogP contribution in [0.25, 0.3) is 0 Å². The Balaban J connectivity index is 1.51. The summed E-state index contributed by atoms with van der Waals surface area (Å²) in [5.41, 5.74) is 4.26. The normalized spacial score (nSPS) is 19.3. The van der Waals surface area contributed by atoms with Gasteiger partial charge in [0.2, 0.25) is 11.5 Å². The van der Waals surface area contributed by atoms with Crippen LogP contribution in [-0.2, 0) is 19.2 Å². The molecule has 15 nitrogen and oxygen atoms in total. The zero-order valence-electron chi connectivity index (χ0n) is 18.6. The van der Waals surface area contributed by atoms with Gasteiger partial charge >= 0.3 is 11.9 Å². The van der Waals surface area contributed by atoms with E-state index < -0.39 is 46.3 Å². The molecule has 2 aliphatic rings. The largest absolute Gasteiger partial charge is 0.477 e. The van der Waals surface area contributed by atoms with Gasteiger partial charge in [-0.1, -0.05) is 16.7 Å². The highest BCUT2D eigenvalue weighted by atomic mass is 32.2. The topological polar surface area (TPSA) is 230 Å². The molecule has 0 saturated carbocycles. The molecule has 19 heteroatoms. The van der Waals surface area contributed by atoms with Crippen LogP contribution in [0.1, 0.15) is 23.1 Å². The average molecular weight is 588 g/mol. The van der Waals surface area contributed by atoms with E-state index in [2.05, 4.69) is 24.2 Å². The van der Waals surface area contributed by atoms with Crippen LogP contribution in [0.15, 0.2) is 25.4 Å². The summed E-state index contributed by atoms with van der Waals surface area (Å²) in [6.45, 7) is 1.81. The number of hydrogen-bond donors (Lipinski definition) is 5. The number of aromatic nitrogens is 3. The third-order valence-corrected chi connectivity index (χ3v) is 9.07. The van der Waals surface area contributed by atoms with Crippen molar-refractivity contribution in [1.29, 1.82) is 0 Å². The number of nitrogens with zero attached hydrogens (tertiary/aromatic N) is 4. The van der Waals surface area contributed by atoms with Crippen LogP contribution in [0.4, 0.5) is 5.13 Å². The summed E-state index contributed by atoms with van der Waals surface area (Å²) in [7, 11) is 0. The number of amides is 2. The van der Waals surface area contributed by atoms with E-state index in [0.29, 0.717) is 5.57 Å². The summed E-state index contributed by atoms with van der Waals surface area (Å²) >= 11 is 3.90. The van der Waals surface area contributed by atoms with E-state index in [-0.39, 0.29) is 44.7 Å². The first-order chi connectivity index (χ1) is 17.6. The van der Waals surface area contributed by atoms with Gasteiger partial charge in [-0.05, 0) is 12.5 Å². The number of carbonyl (C=O) groups excluding carboxylic acids is 2. The smallest absolute Gasteiger partial charge is 0.352 e. The number of rotatable bonds is 10. The van der Waals surface area contributed by atoms with E-state index in [1.54, 1.807) is 6.92 Å². The van der Waals surface area contributed by atoms with Crippen LogP contribution < -0.4 is 16.6 Å². The number of carboxylic acids is 2. The minimum atomic E-state index is -1.39. The molecule has 0 radical (unpaired) electrons. The Morgan fingerprint density at radius 3 is 2.70 bits per heavy atom. The number of anilines is 1. The van der Waals surface area contributed by atoms with Gasteiger partial charge in [0.15, 0.2) is 10.7 Å². The number of β-lactam (4-membered cyclic amide) rings is 1. The van der Waals surface area contributed by atoms with Gasteiger partial charge in [0, 0.05) is 23.0 Å². The molecule has 2 aliphatic heterocycles. The van der Waals surface area contributed by atoms with Crippen molar-refractivity contribution in [1.82, 2.24) is 23.9 Å². The first-order valence-electron chi connectivity index (χ1n) is 10.2. The number of aromatic carboxylic acids is 1. The fourth-order valence-electron chi connectivity index (χ4n) is 3.37. The van der Waals surface area contributed by atoms with Gasteiger partial charge in [-0.3, -0.25) is 23.7 Å². The number of carboxylic acid groups (broad SMARTS) is 2. The number of nitrogen functional groups attached to an aromatic ring is 1. The number of thioether (sulfide) groups is 2. The number of nitrogens with two attached hydrogens (primary N) is 1. The maximum absolute atomic E-state index is 12.9. The highest BCUT2D eigenvalue weighted by Crippen LogP contribution is 2.42. The van der Waals surface area contributed by atoms with Crippen LogP contribution >= 0.6 is 46.6 Å². The van der Waals surface area contributed by atoms with Crippen molar-refractivity contribution >= 4 is 81.2 Å². The number of nitrogens with one attached hydrogen (secondary N) is 2. The molecule has 2 atom stereocenters. The predicted molar refractivity (Wildman–Crippen MR) is 135 cm³/mol. The molecule has 4 heterocycles. The lowest BCUT2D eigenvalue weighted by Crippen LogP contribution is -2.71. The molecule has 0 aliphatic carbocycles. The summed E-state index contributed by atoms with van der Waals surface area (Å²) in [4.78, 5) is 70.9. The van der Waals surface area contributed by atoms with Gasteiger partial charge in [0.25, 0.3) is 17.4 Å². The Morgan fingerprint density at radius 2 is 2.08 bits per heavy atom. The second-order valence-corrected chi connectivity index (χ2v) is 11.2. The van der Waals surface area contributed by atoms with Crippen molar-refractivity contribution in [3.05, 3.63) is 33.0 Å². The van der Waals surface area contributed by atoms with E-state index in [1.807, 2.05) is 0 Å². The molecular weight excluding hydrogens is 571 g/mol. The highest BCUT2D eigenvalue weighted by Gasteiger charge is 2.54. The third-order valence-electron chi connectivity index (χ3n) is 4.95. The molecule has 37 heavy (non-hydrogen) atoms. The van der Waals surface area contributed by atoms with Gasteiger partial charge in [-0.15, -0.1) is 23.5 Å². The SMILES string of the molecule is CCON=C(C(=O)NC1C(=O)N2C(C(=O)O)=C(CSc3s[nH]c(=O)c3C(=O)O)CS[C@@H]12)c1nsc(N)n1. The third kappa shape index (κ3) is 5.20. The molecular formula is C18H17N7O8S4. The van der Waals surface area contributed by atoms with Crippen LogP contribution in [0.5, 0.6) is 0 Å². The lowest BCUT2D eigenvalue weighted by Gasteiger charge is -2.49. The number of hydrogen-bond acceptors (Lipinski definition) is 14. The quantitative estimate of drug-likeness (QED) is 0.105. The minimum absolute atomic E-state index is 0.0400. The van der Waals surface area contributed by atoms with Crippen LogP contribution in [0.2, 0.25) is 0 Å². The van der Waals surface area contributed by atoms with E-state index in [0.717, 1.165) is 39.7 Å². The Hall–Kier alpha value is -3.42. The first-order valence-corrected chi connectivity index (χ1v) is 13.8. The Kier molecular flexibility index (Phi) is 7.85. The summed E-state index contributed by atoms with van der Waals surface area (Å²) in [5.74, 6) is -4.03. The number of H-pyrrole nitrogens is 1. The van der Waals surface area contributed by atoms with E-state index in [1.165, 1.54) is 11.8 Å². The van der Waals surface area contributed by atoms with Crippen molar-refractivity contribution < 1.29 is 34.2 Å². The molecule has 6 N–H and O–H groups in total. The fraction of sp³-hybridized carbons (Fsp3) is 0.333. The fourth-order valence-corrected chi connectivity index (χ4v) is 7.26. The molecule has 196 valence electrons. The molecule has 4 rings (SSSR count). The number of carbonyl (C=O) groups is 4. The Labute approximate surface area is 223 Å². The molecule has 0 bridgehead atoms. The van der Waals surface area contributed by atoms with E-state index in [4.69, 9.17) is 10.6 Å². The average Bonchev–Trinajstić information content (AvgIpc) is 3.45. The summed E-state index contributed by atoms with van der Waals surface area (Å²) < 4.78 is 6.47. The molecule has 0 spiro atoms. The molecule has 2 aromatic rings. The lowest BCUT2D eigenvalue weighted by molar-refractivity contribution is -0.150. The van der Waals surface area contributed by atoms with Gasteiger partial charge in [-0.25, -0.2) is 9.59 Å².